The fourth-order valence-electron chi connectivity index (χ4n) is 2.47. The van der Waals surface area contributed by atoms with Crippen LogP contribution >= 0.6 is 0 Å². The van der Waals surface area contributed by atoms with E-state index in [1.54, 1.807) is 6.26 Å². The Balaban J connectivity index is 1.48. The number of nitrogens with one attached hydrogen (secondary N) is 1. The summed E-state index contributed by atoms with van der Waals surface area (Å²) < 4.78 is 5.21. The zero-order valence-corrected chi connectivity index (χ0v) is 12.7. The molecule has 3 heterocycles. The number of hydrogen-bond donors (Lipinski definition) is 1. The van der Waals surface area contributed by atoms with Gasteiger partial charge in [0.1, 0.15) is 11.6 Å². The fraction of sp³-hybridized carbons (Fsp3) is 0.375. The van der Waals surface area contributed by atoms with Gasteiger partial charge in [-0.3, -0.25) is 0 Å². The van der Waals surface area contributed by atoms with Crippen LogP contribution < -0.4 is 10.2 Å². The number of nitrogens with zero attached hydrogens (tertiary/aromatic N) is 3. The second-order valence-corrected chi connectivity index (χ2v) is 5.41. The Kier molecular flexibility index (Phi) is 4.27. The van der Waals surface area contributed by atoms with E-state index in [0.29, 0.717) is 19.6 Å². The van der Waals surface area contributed by atoms with Crippen molar-refractivity contribution in [3.63, 3.8) is 0 Å². The highest BCUT2D eigenvalue weighted by Crippen LogP contribution is 2.14. The van der Waals surface area contributed by atoms with Crippen LogP contribution in [0.25, 0.3) is 0 Å². The van der Waals surface area contributed by atoms with Gasteiger partial charge in [-0.2, -0.15) is 0 Å². The third-order valence-electron chi connectivity index (χ3n) is 3.78. The first-order valence-corrected chi connectivity index (χ1v) is 7.45. The molecule has 0 saturated carbocycles. The molecule has 2 aromatic heterocycles. The Labute approximate surface area is 129 Å². The molecule has 1 fully saturated rings. The molecule has 22 heavy (non-hydrogen) atoms. The molecule has 0 bridgehead atoms. The zero-order chi connectivity index (χ0) is 15.4. The third kappa shape index (κ3) is 3.39. The number of hydrogen-bond acceptors (Lipinski definition) is 4. The molecule has 0 spiro atoms. The predicted molar refractivity (Wildman–Crippen MR) is 83.7 cm³/mol. The number of amides is 2. The molecule has 0 atom stereocenters. The zero-order valence-electron chi connectivity index (χ0n) is 12.7. The standard InChI is InChI=1S/C16H20N4O2/c1-13-4-5-15(17-11-13)19-6-8-20(9-7-19)16(21)18-12-14-3-2-10-22-14/h2-5,10-11H,6-9,12H2,1H3,(H,18,21). The summed E-state index contributed by atoms with van der Waals surface area (Å²) in [7, 11) is 0. The summed E-state index contributed by atoms with van der Waals surface area (Å²) in [6.07, 6.45) is 3.48. The Morgan fingerprint density at radius 1 is 1.27 bits per heavy atom. The van der Waals surface area contributed by atoms with E-state index in [2.05, 4.69) is 21.3 Å². The van der Waals surface area contributed by atoms with Crippen molar-refractivity contribution in [2.75, 3.05) is 31.1 Å². The molecule has 2 amide bonds. The number of aryl methyl sites for hydroxylation is 1. The minimum atomic E-state index is -0.0482. The third-order valence-corrected chi connectivity index (χ3v) is 3.78. The summed E-state index contributed by atoms with van der Waals surface area (Å²) in [5, 5.41) is 2.88. The number of aromatic nitrogens is 1. The minimum Gasteiger partial charge on any atom is -0.467 e. The highest BCUT2D eigenvalue weighted by molar-refractivity contribution is 5.74. The van der Waals surface area contributed by atoms with E-state index in [-0.39, 0.29) is 6.03 Å². The molecule has 116 valence electrons. The summed E-state index contributed by atoms with van der Waals surface area (Å²) in [6.45, 7) is 5.43. The quantitative estimate of drug-likeness (QED) is 0.942. The molecule has 2 aromatic rings. The van der Waals surface area contributed by atoms with Crippen molar-refractivity contribution in [1.82, 2.24) is 15.2 Å². The number of piperazine rings is 1. The molecule has 0 unspecified atom stereocenters. The molecule has 3 rings (SSSR count). The van der Waals surface area contributed by atoms with Crippen LogP contribution in [0.2, 0.25) is 0 Å². The van der Waals surface area contributed by atoms with Crippen molar-refractivity contribution in [2.24, 2.45) is 0 Å². The second kappa shape index (κ2) is 6.51. The molecule has 0 aliphatic carbocycles. The van der Waals surface area contributed by atoms with E-state index in [0.717, 1.165) is 30.2 Å². The van der Waals surface area contributed by atoms with Crippen LogP contribution in [0.1, 0.15) is 11.3 Å². The van der Waals surface area contributed by atoms with Crippen molar-refractivity contribution < 1.29 is 9.21 Å². The van der Waals surface area contributed by atoms with Gasteiger partial charge in [0.2, 0.25) is 0 Å². The number of carbonyl (C=O) groups excluding carboxylic acids is 1. The van der Waals surface area contributed by atoms with Gasteiger partial charge >= 0.3 is 6.03 Å². The number of anilines is 1. The molecule has 6 nitrogen and oxygen atoms in total. The average molecular weight is 300 g/mol. The number of pyridine rings is 1. The fourth-order valence-corrected chi connectivity index (χ4v) is 2.47. The molecular formula is C16H20N4O2. The lowest BCUT2D eigenvalue weighted by atomic mass is 10.3. The maximum Gasteiger partial charge on any atom is 0.317 e. The van der Waals surface area contributed by atoms with E-state index >= 15 is 0 Å². The monoisotopic (exact) mass is 300 g/mol. The molecule has 0 radical (unpaired) electrons. The van der Waals surface area contributed by atoms with Crippen molar-refractivity contribution in [3.8, 4) is 0 Å². The molecule has 1 aliphatic heterocycles. The van der Waals surface area contributed by atoms with Crippen LogP contribution in [0.5, 0.6) is 0 Å². The summed E-state index contributed by atoms with van der Waals surface area (Å²) >= 11 is 0. The van der Waals surface area contributed by atoms with Gasteiger partial charge in [-0.15, -0.1) is 0 Å². The summed E-state index contributed by atoms with van der Waals surface area (Å²) in [4.78, 5) is 20.6. The smallest absolute Gasteiger partial charge is 0.317 e. The van der Waals surface area contributed by atoms with Crippen molar-refractivity contribution in [2.45, 2.75) is 13.5 Å². The maximum absolute atomic E-state index is 12.1. The van der Waals surface area contributed by atoms with Crippen LogP contribution in [0.4, 0.5) is 10.6 Å². The molecule has 0 aromatic carbocycles. The van der Waals surface area contributed by atoms with E-state index in [4.69, 9.17) is 4.42 Å². The molecule has 1 aliphatic rings. The van der Waals surface area contributed by atoms with Gasteiger partial charge in [0.15, 0.2) is 0 Å². The number of carbonyl (C=O) groups is 1. The van der Waals surface area contributed by atoms with Gasteiger partial charge < -0.3 is 19.5 Å². The topological polar surface area (TPSA) is 61.6 Å². The minimum absolute atomic E-state index is 0.0482. The summed E-state index contributed by atoms with van der Waals surface area (Å²) in [5.41, 5.74) is 1.15. The lowest BCUT2D eigenvalue weighted by Gasteiger charge is -2.35. The number of urea groups is 1. The molecule has 1 N–H and O–H groups in total. The van der Waals surface area contributed by atoms with E-state index in [9.17, 15) is 4.79 Å². The number of rotatable bonds is 3. The first-order valence-electron chi connectivity index (χ1n) is 7.45. The largest absolute Gasteiger partial charge is 0.467 e. The van der Waals surface area contributed by atoms with Crippen LogP contribution in [0, 0.1) is 6.92 Å². The first kappa shape index (κ1) is 14.4. The van der Waals surface area contributed by atoms with Crippen LogP contribution in [-0.2, 0) is 6.54 Å². The Morgan fingerprint density at radius 2 is 2.09 bits per heavy atom. The van der Waals surface area contributed by atoms with Gasteiger partial charge in [-0.25, -0.2) is 9.78 Å². The molecular weight excluding hydrogens is 280 g/mol. The SMILES string of the molecule is Cc1ccc(N2CCN(C(=O)NCc3ccco3)CC2)nc1. The van der Waals surface area contributed by atoms with Crippen molar-refractivity contribution >= 4 is 11.8 Å². The molecule has 6 heteroatoms. The Hall–Kier alpha value is -2.50. The van der Waals surface area contributed by atoms with Crippen LogP contribution in [0.3, 0.4) is 0 Å². The first-order chi connectivity index (χ1) is 10.7. The Bertz CT molecular complexity index is 602. The second-order valence-electron chi connectivity index (χ2n) is 5.41. The highest BCUT2D eigenvalue weighted by Gasteiger charge is 2.21. The predicted octanol–water partition coefficient (Wildman–Crippen LogP) is 2.01. The van der Waals surface area contributed by atoms with E-state index in [1.807, 2.05) is 36.2 Å². The van der Waals surface area contributed by atoms with Gasteiger partial charge in [-0.05, 0) is 30.7 Å². The van der Waals surface area contributed by atoms with Crippen molar-refractivity contribution in [3.05, 3.63) is 48.0 Å². The van der Waals surface area contributed by atoms with Gasteiger partial charge in [0, 0.05) is 32.4 Å². The number of furan rings is 1. The van der Waals surface area contributed by atoms with Crippen LogP contribution in [0.15, 0.2) is 41.1 Å². The van der Waals surface area contributed by atoms with Crippen LogP contribution in [-0.4, -0.2) is 42.1 Å². The van der Waals surface area contributed by atoms with E-state index in [1.165, 1.54) is 0 Å². The Morgan fingerprint density at radius 3 is 2.73 bits per heavy atom. The van der Waals surface area contributed by atoms with Gasteiger partial charge in [0.25, 0.3) is 0 Å². The van der Waals surface area contributed by atoms with E-state index < -0.39 is 0 Å². The average Bonchev–Trinajstić information content (AvgIpc) is 3.07. The lowest BCUT2D eigenvalue weighted by Crippen LogP contribution is -2.51. The lowest BCUT2D eigenvalue weighted by molar-refractivity contribution is 0.193. The van der Waals surface area contributed by atoms with Gasteiger partial charge in [0.05, 0.1) is 12.8 Å². The summed E-state index contributed by atoms with van der Waals surface area (Å²) in [6, 6.07) is 7.70. The highest BCUT2D eigenvalue weighted by atomic mass is 16.3. The summed E-state index contributed by atoms with van der Waals surface area (Å²) in [5.74, 6) is 1.73. The van der Waals surface area contributed by atoms with Gasteiger partial charge in [-0.1, -0.05) is 6.07 Å². The van der Waals surface area contributed by atoms with Crippen molar-refractivity contribution in [1.29, 1.82) is 0 Å². The normalized spacial score (nSPS) is 15.0. The molecule has 1 saturated heterocycles. The maximum atomic E-state index is 12.1.